The molecule has 130 valence electrons. The van der Waals surface area contributed by atoms with Gasteiger partial charge in [0.25, 0.3) is 5.91 Å². The molecule has 0 unspecified atom stereocenters. The third kappa shape index (κ3) is 2.97. The standard InChI is InChI=1S/C18H16F3N3O/c1-11-9-13(12(2)23(11)3)10-15-16(18(19,20)21)22-24(17(15)25)14-7-5-4-6-8-14/h4-10H,1-3H3/b15-10-. The predicted octanol–water partition coefficient (Wildman–Crippen LogP) is 3.99. The van der Waals surface area contributed by atoms with Crippen LogP contribution < -0.4 is 5.01 Å². The molecular formula is C18H16F3N3O. The molecule has 2 heterocycles. The van der Waals surface area contributed by atoms with Gasteiger partial charge in [-0.15, -0.1) is 0 Å². The molecule has 7 heteroatoms. The van der Waals surface area contributed by atoms with Gasteiger partial charge in [-0.3, -0.25) is 4.79 Å². The molecule has 1 aliphatic rings. The predicted molar refractivity (Wildman–Crippen MR) is 90.3 cm³/mol. The molecule has 0 atom stereocenters. The Hall–Kier alpha value is -2.83. The molecule has 3 rings (SSSR count). The van der Waals surface area contributed by atoms with Gasteiger partial charge in [0.05, 0.1) is 11.3 Å². The molecule has 0 saturated heterocycles. The fourth-order valence-electron chi connectivity index (χ4n) is 2.68. The van der Waals surface area contributed by atoms with E-state index in [9.17, 15) is 18.0 Å². The van der Waals surface area contributed by atoms with Crippen LogP contribution in [-0.4, -0.2) is 22.4 Å². The lowest BCUT2D eigenvalue weighted by Crippen LogP contribution is -2.25. The lowest BCUT2D eigenvalue weighted by Gasteiger charge is -2.10. The van der Waals surface area contributed by atoms with E-state index in [0.717, 1.165) is 16.4 Å². The summed E-state index contributed by atoms with van der Waals surface area (Å²) in [5, 5.41) is 4.34. The van der Waals surface area contributed by atoms with E-state index in [-0.39, 0.29) is 0 Å². The van der Waals surface area contributed by atoms with Crippen LogP contribution in [0.1, 0.15) is 17.0 Å². The van der Waals surface area contributed by atoms with Gasteiger partial charge < -0.3 is 4.57 Å². The summed E-state index contributed by atoms with van der Waals surface area (Å²) in [6, 6.07) is 9.81. The van der Waals surface area contributed by atoms with E-state index in [0.29, 0.717) is 11.3 Å². The first-order valence-corrected chi connectivity index (χ1v) is 7.60. The summed E-state index contributed by atoms with van der Waals surface area (Å²) in [6.45, 7) is 3.64. The maximum atomic E-state index is 13.4. The Morgan fingerprint density at radius 1 is 1.12 bits per heavy atom. The molecule has 0 aliphatic carbocycles. The fraction of sp³-hybridized carbons (Fsp3) is 0.222. The molecule has 1 aromatic heterocycles. The molecule has 0 saturated carbocycles. The van der Waals surface area contributed by atoms with Gasteiger partial charge in [-0.2, -0.15) is 23.3 Å². The number of anilines is 1. The molecule has 2 aromatic rings. The average Bonchev–Trinajstić information content (AvgIpc) is 3.01. The summed E-state index contributed by atoms with van der Waals surface area (Å²) in [4.78, 5) is 12.6. The molecule has 0 radical (unpaired) electrons. The molecular weight excluding hydrogens is 331 g/mol. The van der Waals surface area contributed by atoms with Crippen molar-refractivity contribution in [3.05, 3.63) is 58.9 Å². The van der Waals surface area contributed by atoms with Crippen LogP contribution in [-0.2, 0) is 11.8 Å². The summed E-state index contributed by atoms with van der Waals surface area (Å²) in [7, 11) is 1.82. The number of amides is 1. The minimum atomic E-state index is -4.72. The van der Waals surface area contributed by atoms with Crippen molar-refractivity contribution in [2.75, 3.05) is 5.01 Å². The number of benzene rings is 1. The molecule has 1 aromatic carbocycles. The normalized spacial score (nSPS) is 16.7. The smallest absolute Gasteiger partial charge is 0.352 e. The van der Waals surface area contributed by atoms with Gasteiger partial charge in [-0.1, -0.05) is 18.2 Å². The number of hydrogen-bond donors (Lipinski definition) is 0. The van der Waals surface area contributed by atoms with Crippen LogP contribution in [0.25, 0.3) is 6.08 Å². The molecule has 0 fully saturated rings. The first-order chi connectivity index (χ1) is 11.7. The van der Waals surface area contributed by atoms with Crippen LogP contribution in [0.15, 0.2) is 47.1 Å². The number of rotatable bonds is 2. The minimum absolute atomic E-state index is 0.290. The number of nitrogens with zero attached hydrogens (tertiary/aromatic N) is 3. The number of alkyl halides is 3. The second-order valence-corrected chi connectivity index (χ2v) is 5.84. The highest BCUT2D eigenvalue weighted by Crippen LogP contribution is 2.33. The van der Waals surface area contributed by atoms with Crippen molar-refractivity contribution in [2.45, 2.75) is 20.0 Å². The molecule has 1 aliphatic heterocycles. The number of hydrogen-bond acceptors (Lipinski definition) is 2. The zero-order valence-electron chi connectivity index (χ0n) is 13.9. The maximum Gasteiger partial charge on any atom is 0.435 e. The monoisotopic (exact) mass is 347 g/mol. The number of para-hydroxylation sites is 1. The molecule has 0 bridgehead atoms. The van der Waals surface area contributed by atoms with Crippen molar-refractivity contribution in [1.29, 1.82) is 0 Å². The van der Waals surface area contributed by atoms with E-state index in [1.165, 1.54) is 18.2 Å². The molecule has 1 amide bonds. The van der Waals surface area contributed by atoms with Crippen molar-refractivity contribution >= 4 is 23.4 Å². The van der Waals surface area contributed by atoms with Crippen molar-refractivity contribution < 1.29 is 18.0 Å². The van der Waals surface area contributed by atoms with E-state index >= 15 is 0 Å². The van der Waals surface area contributed by atoms with E-state index in [1.807, 2.05) is 18.5 Å². The fourth-order valence-corrected chi connectivity index (χ4v) is 2.68. The number of carbonyl (C=O) groups excluding carboxylic acids is 1. The minimum Gasteiger partial charge on any atom is -0.352 e. The number of hydrazone groups is 1. The Morgan fingerprint density at radius 3 is 2.28 bits per heavy atom. The van der Waals surface area contributed by atoms with Crippen LogP contribution in [0.4, 0.5) is 18.9 Å². The quantitative estimate of drug-likeness (QED) is 0.757. The SMILES string of the molecule is Cc1cc(/C=C2\C(=O)N(c3ccccc3)N=C2C(F)(F)F)c(C)n1C. The summed E-state index contributed by atoms with van der Waals surface area (Å²) in [5.41, 5.74) is 0.888. The lowest BCUT2D eigenvalue weighted by molar-refractivity contribution is -0.114. The van der Waals surface area contributed by atoms with Crippen LogP contribution in [0, 0.1) is 13.8 Å². The van der Waals surface area contributed by atoms with Crippen LogP contribution in [0.2, 0.25) is 0 Å². The van der Waals surface area contributed by atoms with E-state index in [4.69, 9.17) is 0 Å². The van der Waals surface area contributed by atoms with Crippen LogP contribution in [0.3, 0.4) is 0 Å². The Labute approximate surface area is 142 Å². The largest absolute Gasteiger partial charge is 0.435 e. The van der Waals surface area contributed by atoms with Gasteiger partial charge in [0.15, 0.2) is 5.71 Å². The van der Waals surface area contributed by atoms with Crippen molar-refractivity contribution in [3.63, 3.8) is 0 Å². The number of carbonyl (C=O) groups is 1. The zero-order valence-corrected chi connectivity index (χ0v) is 13.9. The molecule has 0 spiro atoms. The Morgan fingerprint density at radius 2 is 1.76 bits per heavy atom. The Balaban J connectivity index is 2.12. The second-order valence-electron chi connectivity index (χ2n) is 5.84. The molecule has 25 heavy (non-hydrogen) atoms. The molecule has 4 nitrogen and oxygen atoms in total. The van der Waals surface area contributed by atoms with E-state index in [2.05, 4.69) is 5.10 Å². The van der Waals surface area contributed by atoms with E-state index in [1.54, 1.807) is 31.2 Å². The van der Waals surface area contributed by atoms with Gasteiger partial charge in [-0.25, -0.2) is 0 Å². The van der Waals surface area contributed by atoms with Crippen LogP contribution in [0.5, 0.6) is 0 Å². The van der Waals surface area contributed by atoms with Gasteiger partial charge >= 0.3 is 6.18 Å². The van der Waals surface area contributed by atoms with Crippen molar-refractivity contribution in [2.24, 2.45) is 12.1 Å². The molecule has 0 N–H and O–H groups in total. The third-order valence-electron chi connectivity index (χ3n) is 4.26. The number of aromatic nitrogens is 1. The van der Waals surface area contributed by atoms with Gasteiger partial charge in [0.1, 0.15) is 0 Å². The number of halogens is 3. The first kappa shape index (κ1) is 17.0. The van der Waals surface area contributed by atoms with Gasteiger partial charge in [0.2, 0.25) is 0 Å². The Kier molecular flexibility index (Phi) is 4.02. The van der Waals surface area contributed by atoms with E-state index < -0.39 is 23.4 Å². The zero-order chi connectivity index (χ0) is 18.4. The van der Waals surface area contributed by atoms with Crippen molar-refractivity contribution in [1.82, 2.24) is 4.57 Å². The highest BCUT2D eigenvalue weighted by molar-refractivity contribution is 6.34. The summed E-state index contributed by atoms with van der Waals surface area (Å²) < 4.78 is 42.1. The highest BCUT2D eigenvalue weighted by atomic mass is 19.4. The van der Waals surface area contributed by atoms with Gasteiger partial charge in [-0.05, 0) is 43.7 Å². The first-order valence-electron chi connectivity index (χ1n) is 7.60. The summed E-state index contributed by atoms with van der Waals surface area (Å²) in [6.07, 6.45) is -3.46. The lowest BCUT2D eigenvalue weighted by atomic mass is 10.1. The highest BCUT2D eigenvalue weighted by Gasteiger charge is 2.46. The Bertz CT molecular complexity index is 892. The topological polar surface area (TPSA) is 37.6 Å². The summed E-state index contributed by atoms with van der Waals surface area (Å²) in [5.74, 6) is -0.792. The summed E-state index contributed by atoms with van der Waals surface area (Å²) >= 11 is 0. The number of aryl methyl sites for hydroxylation is 1. The third-order valence-corrected chi connectivity index (χ3v) is 4.26. The second kappa shape index (κ2) is 5.91. The van der Waals surface area contributed by atoms with Crippen molar-refractivity contribution in [3.8, 4) is 0 Å². The van der Waals surface area contributed by atoms with Crippen LogP contribution >= 0.6 is 0 Å². The van der Waals surface area contributed by atoms with Gasteiger partial charge in [0, 0.05) is 18.4 Å². The average molecular weight is 347 g/mol. The maximum absolute atomic E-state index is 13.4.